The van der Waals surface area contributed by atoms with Crippen molar-refractivity contribution >= 4 is 7.12 Å². The molecule has 0 aliphatic carbocycles. The van der Waals surface area contributed by atoms with Crippen LogP contribution in [-0.2, 0) is 0 Å². The molecule has 0 saturated carbocycles. The Balaban J connectivity index is 4.06. The third-order valence-electron chi connectivity index (χ3n) is 4.86. The summed E-state index contributed by atoms with van der Waals surface area (Å²) >= 11 is 0. The highest BCUT2D eigenvalue weighted by molar-refractivity contribution is 6.41. The highest BCUT2D eigenvalue weighted by atomic mass is 16.4. The van der Waals surface area contributed by atoms with Crippen LogP contribution in [0, 0.1) is 0 Å². The highest BCUT2D eigenvalue weighted by Crippen LogP contribution is 2.15. The van der Waals surface area contributed by atoms with Crippen molar-refractivity contribution in [3.63, 3.8) is 0 Å². The van der Waals surface area contributed by atoms with Gasteiger partial charge in [-0.3, -0.25) is 0 Å². The molecule has 0 aliphatic heterocycles. The van der Waals surface area contributed by atoms with E-state index in [4.69, 9.17) is 10.0 Å². The summed E-state index contributed by atoms with van der Waals surface area (Å²) < 4.78 is 0. The van der Waals surface area contributed by atoms with E-state index < -0.39 is 7.12 Å². The van der Waals surface area contributed by atoms with Crippen molar-refractivity contribution in [3.05, 3.63) is 58.2 Å². The molecule has 0 bridgehead atoms. The molecule has 0 aliphatic rings. The van der Waals surface area contributed by atoms with Crippen molar-refractivity contribution in [2.45, 2.75) is 99.2 Å². The van der Waals surface area contributed by atoms with Gasteiger partial charge in [0.25, 0.3) is 0 Å². The Labute approximate surface area is 175 Å². The Bertz CT molecular complexity index is 573. The molecule has 0 saturated heterocycles. The first-order chi connectivity index (χ1) is 13.2. The van der Waals surface area contributed by atoms with Gasteiger partial charge in [-0.25, -0.2) is 0 Å². The van der Waals surface area contributed by atoms with Gasteiger partial charge < -0.3 is 10.0 Å². The van der Waals surface area contributed by atoms with Crippen molar-refractivity contribution < 1.29 is 10.0 Å². The zero-order chi connectivity index (χ0) is 21.4. The zero-order valence-corrected chi connectivity index (χ0v) is 19.2. The van der Waals surface area contributed by atoms with Gasteiger partial charge in [-0.05, 0) is 92.9 Å². The minimum atomic E-state index is -1.23. The van der Waals surface area contributed by atoms with Crippen LogP contribution < -0.4 is 0 Å². The Kier molecular flexibility index (Phi) is 15.8. The molecule has 28 heavy (non-hydrogen) atoms. The van der Waals surface area contributed by atoms with Gasteiger partial charge in [-0.2, -0.15) is 0 Å². The summed E-state index contributed by atoms with van der Waals surface area (Å²) in [4.78, 5) is 0. The van der Waals surface area contributed by atoms with E-state index in [-0.39, 0.29) is 0 Å². The van der Waals surface area contributed by atoms with E-state index in [1.165, 1.54) is 34.3 Å². The smallest absolute Gasteiger partial charge is 0.427 e. The lowest BCUT2D eigenvalue weighted by Gasteiger charge is -2.03. The second kappa shape index (κ2) is 16.6. The first-order valence-electron chi connectivity index (χ1n) is 10.8. The van der Waals surface area contributed by atoms with Crippen LogP contribution in [0.3, 0.4) is 0 Å². The number of hydrogen-bond acceptors (Lipinski definition) is 2. The van der Waals surface area contributed by atoms with Crippen molar-refractivity contribution in [1.29, 1.82) is 0 Å². The Morgan fingerprint density at radius 2 is 0.857 bits per heavy atom. The standard InChI is InChI=1S/C25H43BO2/c1-21(2)11-7-12-22(3)13-8-14-23(4)15-9-16-24(5)17-10-18-25(6)19-20-26(27)28/h11,13,15,17,19,27-28H,7-10,12,14,16,18,20H2,1-6H3. The van der Waals surface area contributed by atoms with Crippen LogP contribution in [0.2, 0.25) is 6.32 Å². The average Bonchev–Trinajstić information content (AvgIpc) is 2.59. The van der Waals surface area contributed by atoms with Gasteiger partial charge in [0.2, 0.25) is 0 Å². The van der Waals surface area contributed by atoms with Gasteiger partial charge in [0, 0.05) is 6.32 Å². The van der Waals surface area contributed by atoms with Crippen molar-refractivity contribution in [3.8, 4) is 0 Å². The van der Waals surface area contributed by atoms with Crippen molar-refractivity contribution in [2.24, 2.45) is 0 Å². The molecule has 3 heteroatoms. The van der Waals surface area contributed by atoms with Crippen LogP contribution in [-0.4, -0.2) is 17.2 Å². The molecule has 0 aromatic heterocycles. The molecule has 0 aromatic rings. The molecule has 158 valence electrons. The van der Waals surface area contributed by atoms with Gasteiger partial charge in [-0.15, -0.1) is 0 Å². The maximum atomic E-state index is 8.88. The molecule has 0 radical (unpaired) electrons. The van der Waals surface area contributed by atoms with E-state index in [1.54, 1.807) is 0 Å². The lowest BCUT2D eigenvalue weighted by Crippen LogP contribution is -2.08. The fourth-order valence-corrected chi connectivity index (χ4v) is 2.94. The van der Waals surface area contributed by atoms with E-state index >= 15 is 0 Å². The Hall–Kier alpha value is -1.32. The highest BCUT2D eigenvalue weighted by Gasteiger charge is 2.02. The van der Waals surface area contributed by atoms with Gasteiger partial charge in [-0.1, -0.05) is 58.2 Å². The quantitative estimate of drug-likeness (QED) is 0.242. The monoisotopic (exact) mass is 386 g/mol. The topological polar surface area (TPSA) is 40.5 Å². The summed E-state index contributed by atoms with van der Waals surface area (Å²) in [5.74, 6) is 0. The summed E-state index contributed by atoms with van der Waals surface area (Å²) in [7, 11) is -1.23. The molecule has 0 amide bonds. The summed E-state index contributed by atoms with van der Waals surface area (Å²) in [6.45, 7) is 13.1. The van der Waals surface area contributed by atoms with Crippen LogP contribution in [0.4, 0.5) is 0 Å². The largest absolute Gasteiger partial charge is 0.455 e. The molecular weight excluding hydrogens is 343 g/mol. The molecule has 2 nitrogen and oxygen atoms in total. The van der Waals surface area contributed by atoms with Crippen LogP contribution in [0.25, 0.3) is 0 Å². The van der Waals surface area contributed by atoms with E-state index in [0.29, 0.717) is 6.32 Å². The SMILES string of the molecule is CC(C)=CCCC(C)=CCCC(C)=CCCC(C)=CCCC(C)=CCB(O)O. The molecule has 0 fully saturated rings. The van der Waals surface area contributed by atoms with Crippen LogP contribution >= 0.6 is 0 Å². The zero-order valence-electron chi connectivity index (χ0n) is 19.2. The minimum Gasteiger partial charge on any atom is -0.427 e. The number of hydrogen-bond donors (Lipinski definition) is 2. The van der Waals surface area contributed by atoms with Gasteiger partial charge in [0.15, 0.2) is 0 Å². The third kappa shape index (κ3) is 18.1. The molecule has 2 N–H and O–H groups in total. The van der Waals surface area contributed by atoms with Gasteiger partial charge in [0.05, 0.1) is 0 Å². The summed E-state index contributed by atoms with van der Waals surface area (Å²) in [6, 6.07) is 0. The average molecular weight is 386 g/mol. The molecule has 0 atom stereocenters. The Morgan fingerprint density at radius 1 is 0.536 bits per heavy atom. The first-order valence-corrected chi connectivity index (χ1v) is 10.8. The lowest BCUT2D eigenvalue weighted by molar-refractivity contribution is 0.411. The Morgan fingerprint density at radius 3 is 1.18 bits per heavy atom. The van der Waals surface area contributed by atoms with E-state index in [0.717, 1.165) is 44.9 Å². The summed E-state index contributed by atoms with van der Waals surface area (Å²) in [5.41, 5.74) is 7.06. The molecule has 0 heterocycles. The molecule has 0 spiro atoms. The first kappa shape index (κ1) is 26.7. The summed E-state index contributed by atoms with van der Waals surface area (Å²) in [6.07, 6.45) is 20.5. The maximum absolute atomic E-state index is 8.88. The van der Waals surface area contributed by atoms with Crippen LogP contribution in [0.15, 0.2) is 58.2 Å². The van der Waals surface area contributed by atoms with E-state index in [2.05, 4.69) is 65.8 Å². The maximum Gasteiger partial charge on any atom is 0.455 e. The van der Waals surface area contributed by atoms with Gasteiger partial charge >= 0.3 is 7.12 Å². The van der Waals surface area contributed by atoms with Crippen LogP contribution in [0.5, 0.6) is 0 Å². The predicted molar refractivity (Wildman–Crippen MR) is 126 cm³/mol. The number of rotatable bonds is 14. The second-order valence-electron chi connectivity index (χ2n) is 8.35. The second-order valence-corrected chi connectivity index (χ2v) is 8.35. The normalized spacial score (nSPS) is 13.7. The van der Waals surface area contributed by atoms with Crippen LogP contribution in [0.1, 0.15) is 92.9 Å². The fourth-order valence-electron chi connectivity index (χ4n) is 2.94. The predicted octanol–water partition coefficient (Wildman–Crippen LogP) is 7.33. The summed E-state index contributed by atoms with van der Waals surface area (Å²) in [5, 5.41) is 17.8. The lowest BCUT2D eigenvalue weighted by atomic mass is 9.85. The van der Waals surface area contributed by atoms with Crippen molar-refractivity contribution in [2.75, 3.05) is 0 Å². The molecule has 0 aromatic carbocycles. The molecular formula is C25H43BO2. The fraction of sp³-hybridized carbons (Fsp3) is 0.600. The third-order valence-corrected chi connectivity index (χ3v) is 4.86. The van der Waals surface area contributed by atoms with E-state index in [9.17, 15) is 0 Å². The van der Waals surface area contributed by atoms with Crippen molar-refractivity contribution in [1.82, 2.24) is 0 Å². The minimum absolute atomic E-state index is 0.322. The van der Waals surface area contributed by atoms with Gasteiger partial charge in [0.1, 0.15) is 0 Å². The molecule has 0 rings (SSSR count). The number of allylic oxidation sites excluding steroid dienone is 10. The molecule has 0 unspecified atom stereocenters. The van der Waals surface area contributed by atoms with E-state index in [1.807, 2.05) is 6.08 Å².